The van der Waals surface area contributed by atoms with Crippen molar-refractivity contribution in [1.29, 1.82) is 0 Å². The molecule has 1 aliphatic rings. The van der Waals surface area contributed by atoms with E-state index in [9.17, 15) is 10.2 Å². The highest BCUT2D eigenvalue weighted by molar-refractivity contribution is 6.31. The van der Waals surface area contributed by atoms with Crippen LogP contribution in [0.25, 0.3) is 0 Å². The third-order valence-corrected chi connectivity index (χ3v) is 4.94. The quantitative estimate of drug-likeness (QED) is 0.864. The van der Waals surface area contributed by atoms with Crippen LogP contribution in [0.15, 0.2) is 24.3 Å². The first kappa shape index (κ1) is 18.7. The van der Waals surface area contributed by atoms with Gasteiger partial charge in [-0.1, -0.05) is 50.6 Å². The van der Waals surface area contributed by atoms with Crippen LogP contribution >= 0.6 is 11.6 Å². The minimum Gasteiger partial charge on any atom is -0.391 e. The molecule has 0 unspecified atom stereocenters. The van der Waals surface area contributed by atoms with Crippen molar-refractivity contribution < 1.29 is 10.2 Å². The van der Waals surface area contributed by atoms with Crippen LogP contribution in [0.3, 0.4) is 0 Å². The molecule has 0 amide bonds. The smallest absolute Gasteiger partial charge is 0.0931 e. The van der Waals surface area contributed by atoms with E-state index in [1.165, 1.54) is 0 Å². The van der Waals surface area contributed by atoms with Gasteiger partial charge >= 0.3 is 0 Å². The average molecular weight is 341 g/mol. The zero-order valence-corrected chi connectivity index (χ0v) is 15.1. The number of hydrogen-bond acceptors (Lipinski definition) is 4. The van der Waals surface area contributed by atoms with E-state index >= 15 is 0 Å². The average Bonchev–Trinajstić information content (AvgIpc) is 2.48. The molecular weight excluding hydrogens is 312 g/mol. The second-order valence-corrected chi connectivity index (χ2v) is 7.93. The normalized spacial score (nSPS) is 20.4. The van der Waals surface area contributed by atoms with Gasteiger partial charge < -0.3 is 10.2 Å². The minimum absolute atomic E-state index is 0.0859. The van der Waals surface area contributed by atoms with Gasteiger partial charge in [-0.2, -0.15) is 0 Å². The fraction of sp³-hybridized carbons (Fsp3) is 0.667. The standard InChI is InChI=1S/C18H29ClN2O2/c1-18(2,3)17(23)13-21-10-8-20(9-11-21)12-16(22)14-6-4-5-7-15(14)19/h4-7,16-17,22-23H,8-13H2,1-3H3/t16-,17-/m1/s1. The van der Waals surface area contributed by atoms with E-state index in [1.54, 1.807) is 0 Å². The summed E-state index contributed by atoms with van der Waals surface area (Å²) < 4.78 is 0. The molecule has 5 heteroatoms. The molecular formula is C18H29ClN2O2. The third kappa shape index (κ3) is 5.44. The van der Waals surface area contributed by atoms with Gasteiger partial charge in [0.05, 0.1) is 12.2 Å². The number of rotatable bonds is 5. The molecule has 1 aliphatic heterocycles. The molecule has 0 saturated carbocycles. The molecule has 1 fully saturated rings. The Morgan fingerprint density at radius 3 is 2.04 bits per heavy atom. The minimum atomic E-state index is -0.560. The summed E-state index contributed by atoms with van der Waals surface area (Å²) in [7, 11) is 0. The summed E-state index contributed by atoms with van der Waals surface area (Å²) in [5.74, 6) is 0. The van der Waals surface area contributed by atoms with Gasteiger partial charge in [0.15, 0.2) is 0 Å². The summed E-state index contributed by atoms with van der Waals surface area (Å²) in [5, 5.41) is 21.2. The molecule has 0 aromatic heterocycles. The topological polar surface area (TPSA) is 46.9 Å². The lowest BCUT2D eigenvalue weighted by Crippen LogP contribution is -2.50. The van der Waals surface area contributed by atoms with Crippen molar-refractivity contribution in [2.45, 2.75) is 33.0 Å². The summed E-state index contributed by atoms with van der Waals surface area (Å²) in [5.41, 5.74) is 0.706. The predicted molar refractivity (Wildman–Crippen MR) is 94.8 cm³/mol. The lowest BCUT2D eigenvalue weighted by molar-refractivity contribution is 0.00719. The molecule has 0 aliphatic carbocycles. The third-order valence-electron chi connectivity index (χ3n) is 4.59. The predicted octanol–water partition coefficient (Wildman–Crippen LogP) is 2.40. The Morgan fingerprint density at radius 1 is 1.00 bits per heavy atom. The number of piperazine rings is 1. The highest BCUT2D eigenvalue weighted by Gasteiger charge is 2.27. The fourth-order valence-corrected chi connectivity index (χ4v) is 3.02. The maximum absolute atomic E-state index is 10.4. The Kier molecular flexibility index (Phi) is 6.46. The maximum atomic E-state index is 10.4. The molecule has 0 radical (unpaired) electrons. The van der Waals surface area contributed by atoms with Crippen molar-refractivity contribution in [3.8, 4) is 0 Å². The fourth-order valence-electron chi connectivity index (χ4n) is 2.76. The first-order valence-electron chi connectivity index (χ1n) is 8.32. The lowest BCUT2D eigenvalue weighted by Gasteiger charge is -2.38. The zero-order chi connectivity index (χ0) is 17.0. The summed E-state index contributed by atoms with van der Waals surface area (Å²) >= 11 is 6.15. The van der Waals surface area contributed by atoms with E-state index in [0.29, 0.717) is 18.1 Å². The molecule has 1 heterocycles. The van der Waals surface area contributed by atoms with Crippen LogP contribution in [0.2, 0.25) is 5.02 Å². The van der Waals surface area contributed by atoms with Crippen molar-refractivity contribution in [1.82, 2.24) is 9.80 Å². The van der Waals surface area contributed by atoms with E-state index in [2.05, 4.69) is 30.6 Å². The monoisotopic (exact) mass is 340 g/mol. The van der Waals surface area contributed by atoms with Crippen molar-refractivity contribution >= 4 is 11.6 Å². The first-order chi connectivity index (χ1) is 10.8. The Hall–Kier alpha value is -0.650. The number of aliphatic hydroxyl groups is 2. The van der Waals surface area contributed by atoms with Gasteiger partial charge in [-0.15, -0.1) is 0 Å². The molecule has 4 nitrogen and oxygen atoms in total. The van der Waals surface area contributed by atoms with Gasteiger partial charge in [0, 0.05) is 49.9 Å². The van der Waals surface area contributed by atoms with E-state index < -0.39 is 6.10 Å². The van der Waals surface area contributed by atoms with Crippen LogP contribution in [0.1, 0.15) is 32.4 Å². The van der Waals surface area contributed by atoms with E-state index in [0.717, 1.165) is 31.7 Å². The zero-order valence-electron chi connectivity index (χ0n) is 14.4. The molecule has 2 atom stereocenters. The molecule has 2 rings (SSSR count). The highest BCUT2D eigenvalue weighted by Crippen LogP contribution is 2.24. The van der Waals surface area contributed by atoms with E-state index in [1.807, 2.05) is 24.3 Å². The number of benzene rings is 1. The number of aliphatic hydroxyl groups excluding tert-OH is 2. The maximum Gasteiger partial charge on any atom is 0.0931 e. The van der Waals surface area contributed by atoms with Crippen molar-refractivity contribution in [2.24, 2.45) is 5.41 Å². The van der Waals surface area contributed by atoms with E-state index in [4.69, 9.17) is 11.6 Å². The second-order valence-electron chi connectivity index (χ2n) is 7.52. The Morgan fingerprint density at radius 2 is 1.52 bits per heavy atom. The van der Waals surface area contributed by atoms with Gasteiger partial charge in [-0.25, -0.2) is 0 Å². The van der Waals surface area contributed by atoms with Crippen LogP contribution in [-0.4, -0.2) is 65.4 Å². The Bertz CT molecular complexity index is 496. The molecule has 1 aromatic carbocycles. The van der Waals surface area contributed by atoms with Gasteiger partial charge in [-0.3, -0.25) is 9.80 Å². The lowest BCUT2D eigenvalue weighted by atomic mass is 9.89. The number of halogens is 1. The Labute approximate surface area is 144 Å². The largest absolute Gasteiger partial charge is 0.391 e. The van der Waals surface area contributed by atoms with Crippen LogP contribution < -0.4 is 0 Å². The first-order valence-corrected chi connectivity index (χ1v) is 8.70. The van der Waals surface area contributed by atoms with Crippen LogP contribution in [0, 0.1) is 5.41 Å². The number of β-amino-alcohol motifs (C(OH)–C–C–N with tert-alkyl or cyclic N) is 2. The SMILES string of the molecule is CC(C)(C)[C@H](O)CN1CCN(C[C@@H](O)c2ccccc2Cl)CC1. The van der Waals surface area contributed by atoms with Crippen LogP contribution in [0.4, 0.5) is 0 Å². The molecule has 23 heavy (non-hydrogen) atoms. The molecule has 0 spiro atoms. The molecule has 1 aromatic rings. The molecule has 130 valence electrons. The van der Waals surface area contributed by atoms with Gasteiger partial charge in [0.1, 0.15) is 0 Å². The van der Waals surface area contributed by atoms with Crippen molar-refractivity contribution in [3.05, 3.63) is 34.9 Å². The number of nitrogens with zero attached hydrogens (tertiary/aromatic N) is 2. The molecule has 0 bridgehead atoms. The summed E-state index contributed by atoms with van der Waals surface area (Å²) in [6.07, 6.45) is -0.877. The summed E-state index contributed by atoms with van der Waals surface area (Å²) in [6, 6.07) is 7.46. The van der Waals surface area contributed by atoms with E-state index in [-0.39, 0.29) is 11.5 Å². The number of hydrogen-bond donors (Lipinski definition) is 2. The van der Waals surface area contributed by atoms with Gasteiger partial charge in [0.25, 0.3) is 0 Å². The van der Waals surface area contributed by atoms with Crippen molar-refractivity contribution in [2.75, 3.05) is 39.3 Å². The molecule has 2 N–H and O–H groups in total. The van der Waals surface area contributed by atoms with Crippen LogP contribution in [-0.2, 0) is 0 Å². The summed E-state index contributed by atoms with van der Waals surface area (Å²) in [6.45, 7) is 11.1. The highest BCUT2D eigenvalue weighted by atomic mass is 35.5. The van der Waals surface area contributed by atoms with Gasteiger partial charge in [0.2, 0.25) is 0 Å². The van der Waals surface area contributed by atoms with Gasteiger partial charge in [-0.05, 0) is 11.5 Å². The molecule has 1 saturated heterocycles. The van der Waals surface area contributed by atoms with Crippen molar-refractivity contribution in [3.63, 3.8) is 0 Å². The Balaban J connectivity index is 1.80. The summed E-state index contributed by atoms with van der Waals surface area (Å²) in [4.78, 5) is 4.56. The van der Waals surface area contributed by atoms with Crippen LogP contribution in [0.5, 0.6) is 0 Å². The second kappa shape index (κ2) is 7.95.